The lowest BCUT2D eigenvalue weighted by Gasteiger charge is -2.32. The van der Waals surface area contributed by atoms with Crippen molar-refractivity contribution in [3.05, 3.63) is 90.1 Å². The Kier molecular flexibility index (Phi) is 22.3. The largest absolute Gasteiger partial charge is 0.370 e. The molecule has 2 saturated heterocycles. The highest BCUT2D eigenvalue weighted by molar-refractivity contribution is 7.99. The zero-order chi connectivity index (χ0) is 57.1. The molecule has 8 amide bonds. The third-order valence-electron chi connectivity index (χ3n) is 15.2. The van der Waals surface area contributed by atoms with Gasteiger partial charge in [0.2, 0.25) is 47.3 Å². The van der Waals surface area contributed by atoms with Gasteiger partial charge in [0.1, 0.15) is 42.3 Å². The maximum Gasteiger partial charge on any atom is 0.243 e. The zero-order valence-electron chi connectivity index (χ0n) is 45.7. The monoisotopic (exact) mass is 1120 g/mol. The number of hydrogen-bond acceptors (Lipinski definition) is 12. The molecule has 23 nitrogen and oxygen atoms in total. The Bertz CT molecular complexity index is 2770. The van der Waals surface area contributed by atoms with Gasteiger partial charge in [-0.15, -0.1) is 11.8 Å². The number of guanidine groups is 1. The molecule has 10 atom stereocenters. The summed E-state index contributed by atoms with van der Waals surface area (Å²) in [5, 5.41) is 20.8. The van der Waals surface area contributed by atoms with Gasteiger partial charge in [-0.1, -0.05) is 81.1 Å². The molecule has 0 spiro atoms. The first-order valence-electron chi connectivity index (χ1n) is 27.9. The van der Waals surface area contributed by atoms with Crippen molar-refractivity contribution in [3.8, 4) is 0 Å². The fourth-order valence-corrected chi connectivity index (χ4v) is 12.7. The van der Waals surface area contributed by atoms with Crippen molar-refractivity contribution in [1.29, 1.82) is 0 Å². The Balaban J connectivity index is 1.28. The van der Waals surface area contributed by atoms with Crippen LogP contribution in [0.1, 0.15) is 101 Å². The van der Waals surface area contributed by atoms with Gasteiger partial charge in [0.25, 0.3) is 0 Å². The third-order valence-corrected chi connectivity index (χ3v) is 16.7. The van der Waals surface area contributed by atoms with Gasteiger partial charge < -0.3 is 64.4 Å². The lowest BCUT2D eigenvalue weighted by molar-refractivity contribution is -0.135. The SMILES string of the molecule is CCCC[C@H](NC(C)=O)C(=O)N[C@H]1CCCN2C[C@H]3CCCCC3[C@H]2SC[C@@H](C(N)=O)NC(=O)[C@H](Cc2c[nH]c3ccccc23)NC(=O)[C@H](CCCN=C(N)N)NC(=O)[C@@H](Cc2ccccc2)NC(=O)[C@H](Cc2cnc[nH]2)NC1=O. The number of carbonyl (C=O) groups excluding carboxylic acids is 8. The second kappa shape index (κ2) is 29.7. The maximum atomic E-state index is 14.9. The summed E-state index contributed by atoms with van der Waals surface area (Å²) in [6.45, 7) is 4.64. The predicted molar refractivity (Wildman–Crippen MR) is 305 cm³/mol. The van der Waals surface area contributed by atoms with E-state index in [4.69, 9.17) is 17.2 Å². The van der Waals surface area contributed by atoms with Crippen LogP contribution >= 0.6 is 11.8 Å². The Morgan fingerprint density at radius 3 is 2.16 bits per heavy atom. The number of nitrogens with two attached hydrogens (primary N) is 3. The molecule has 4 heterocycles. The van der Waals surface area contributed by atoms with Gasteiger partial charge >= 0.3 is 0 Å². The van der Waals surface area contributed by atoms with Crippen molar-refractivity contribution in [1.82, 2.24) is 57.1 Å². The number of benzene rings is 2. The summed E-state index contributed by atoms with van der Waals surface area (Å²) >= 11 is 1.53. The van der Waals surface area contributed by atoms with E-state index in [2.05, 4.69) is 62.1 Å². The summed E-state index contributed by atoms with van der Waals surface area (Å²) in [6, 6.07) is 7.88. The van der Waals surface area contributed by atoms with Crippen LogP contribution in [0.25, 0.3) is 10.9 Å². The summed E-state index contributed by atoms with van der Waals surface area (Å²) in [4.78, 5) is 131. The summed E-state index contributed by atoms with van der Waals surface area (Å²) in [5.74, 6) is -4.74. The van der Waals surface area contributed by atoms with Crippen LogP contribution < -0.4 is 54.4 Å². The number of unbranched alkanes of at least 4 members (excludes halogenated alkanes) is 1. The topological polar surface area (TPSA) is 359 Å². The summed E-state index contributed by atoms with van der Waals surface area (Å²) in [5.41, 5.74) is 20.0. The van der Waals surface area contributed by atoms with Crippen molar-refractivity contribution in [2.45, 2.75) is 151 Å². The summed E-state index contributed by atoms with van der Waals surface area (Å²) in [6.07, 6.45) is 11.1. The molecule has 2 aliphatic heterocycles. The summed E-state index contributed by atoms with van der Waals surface area (Å²) < 4.78 is 0. The molecule has 4 aromatic rings. The molecule has 24 heteroatoms. The average Bonchev–Trinajstić information content (AvgIpc) is 4.25. The van der Waals surface area contributed by atoms with Gasteiger partial charge in [-0.3, -0.25) is 48.2 Å². The van der Waals surface area contributed by atoms with Gasteiger partial charge in [-0.2, -0.15) is 0 Å². The lowest BCUT2D eigenvalue weighted by Crippen LogP contribution is -2.61. The minimum atomic E-state index is -1.34. The molecule has 0 bridgehead atoms. The number of amides is 8. The van der Waals surface area contributed by atoms with Crippen LogP contribution in [0.2, 0.25) is 0 Å². The number of H-pyrrole nitrogens is 2. The van der Waals surface area contributed by atoms with Crippen molar-refractivity contribution in [3.63, 3.8) is 0 Å². The van der Waals surface area contributed by atoms with E-state index in [1.807, 2.05) is 31.2 Å². The van der Waals surface area contributed by atoms with E-state index in [-0.39, 0.29) is 68.1 Å². The van der Waals surface area contributed by atoms with E-state index in [9.17, 15) is 38.4 Å². The number of aromatic amines is 2. The minimum absolute atomic E-state index is 0.0146. The van der Waals surface area contributed by atoms with Crippen molar-refractivity contribution < 1.29 is 38.4 Å². The number of carbonyl (C=O) groups is 8. The Labute approximate surface area is 470 Å². The number of rotatable bonds is 17. The molecule has 80 heavy (non-hydrogen) atoms. The zero-order valence-corrected chi connectivity index (χ0v) is 46.5. The van der Waals surface area contributed by atoms with Gasteiger partial charge in [0.05, 0.1) is 11.7 Å². The molecule has 3 fully saturated rings. The highest BCUT2D eigenvalue weighted by Crippen LogP contribution is 2.45. The van der Waals surface area contributed by atoms with E-state index in [1.165, 1.54) is 31.2 Å². The highest BCUT2D eigenvalue weighted by atomic mass is 32.2. The van der Waals surface area contributed by atoms with E-state index in [1.54, 1.807) is 36.5 Å². The minimum Gasteiger partial charge on any atom is -0.370 e. The molecule has 2 aromatic carbocycles. The fraction of sp³-hybridized carbons (Fsp3) is 0.536. The second-order valence-corrected chi connectivity index (χ2v) is 22.4. The molecule has 1 unspecified atom stereocenters. The van der Waals surface area contributed by atoms with Crippen LogP contribution in [0.4, 0.5) is 0 Å². The Morgan fingerprint density at radius 2 is 1.45 bits per heavy atom. The standard InChI is InChI=1S/C56H79N15O8S/c1-3-4-19-41(64-33(2)72)49(74)65-43-22-13-24-71-30-35-16-8-9-18-39(35)55(71)80-31-47(48(57)73)70-53(78)45(26-36-28-62-40-20-11-10-17-38(36)40)68-50(75)42(21-12-23-61-56(58)59)66-52(77)44(25-34-14-6-5-7-15-34)67-54(79)46(69-51(43)76)27-37-29-60-32-63-37/h5-7,10-11,14-15,17,20,28-29,32,35,39,41-47,55,62H,3-4,8-9,12-13,16,18-19,21-27,30-31H2,1-2H3,(H2,57,73)(H,60,63)(H,64,72)(H,65,74)(H,66,77)(H,67,79)(H,68,75)(H,69,76)(H,70,78)(H4,58,59,61)/t35-,39?,41+,42+,43+,44-,45+,46+,47+,55-/m1/s1. The number of aromatic nitrogens is 3. The number of fused-ring (bicyclic) bond motifs is 4. The van der Waals surface area contributed by atoms with Crippen LogP contribution in [0.5, 0.6) is 0 Å². The Morgan fingerprint density at radius 1 is 0.775 bits per heavy atom. The summed E-state index contributed by atoms with van der Waals surface area (Å²) in [7, 11) is 0. The van der Waals surface area contributed by atoms with Crippen LogP contribution in [0.15, 0.2) is 78.3 Å². The van der Waals surface area contributed by atoms with Crippen molar-refractivity contribution in [2.24, 2.45) is 34.0 Å². The average molecular weight is 1120 g/mol. The molecule has 2 aromatic heterocycles. The van der Waals surface area contributed by atoms with Gasteiger partial charge in [-0.25, -0.2) is 4.98 Å². The molecule has 0 radical (unpaired) electrons. The van der Waals surface area contributed by atoms with E-state index < -0.39 is 89.6 Å². The van der Waals surface area contributed by atoms with Crippen LogP contribution in [-0.4, -0.2) is 146 Å². The number of thioether (sulfide) groups is 1. The van der Waals surface area contributed by atoms with E-state index in [0.29, 0.717) is 48.5 Å². The lowest BCUT2D eigenvalue weighted by atomic mass is 9.82. The second-order valence-electron chi connectivity index (χ2n) is 21.2. The number of nitrogens with zero attached hydrogens (tertiary/aromatic N) is 3. The highest BCUT2D eigenvalue weighted by Gasteiger charge is 2.44. The first-order chi connectivity index (χ1) is 38.6. The molecule has 3 aliphatic rings. The number of aliphatic imine (C=N–C) groups is 1. The molecular weight excluding hydrogens is 1040 g/mol. The molecular formula is C56H79N15O8S. The van der Waals surface area contributed by atoms with Crippen molar-refractivity contribution >= 4 is 75.9 Å². The first-order valence-corrected chi connectivity index (χ1v) is 29.0. The fourth-order valence-electron chi connectivity index (χ4n) is 11.1. The van der Waals surface area contributed by atoms with Crippen LogP contribution in [-0.2, 0) is 57.6 Å². The number of hydrogen-bond donors (Lipinski definition) is 12. The van der Waals surface area contributed by atoms with Crippen LogP contribution in [0, 0.1) is 11.8 Å². The van der Waals surface area contributed by atoms with E-state index in [0.717, 1.165) is 49.6 Å². The number of primary amides is 1. The van der Waals surface area contributed by atoms with Gasteiger partial charge in [-0.05, 0) is 80.5 Å². The third kappa shape index (κ3) is 17.3. The number of nitrogens with one attached hydrogen (secondary N) is 9. The molecule has 1 aliphatic carbocycles. The number of imidazole rings is 1. The van der Waals surface area contributed by atoms with E-state index >= 15 is 0 Å². The Hall–Kier alpha value is -7.47. The molecule has 7 rings (SSSR count). The quantitative estimate of drug-likeness (QED) is 0.0400. The van der Waals surface area contributed by atoms with Gasteiger partial charge in [0.15, 0.2) is 5.96 Å². The normalized spacial score (nSPS) is 25.3. The van der Waals surface area contributed by atoms with Crippen LogP contribution in [0.3, 0.4) is 0 Å². The maximum absolute atomic E-state index is 14.9. The van der Waals surface area contributed by atoms with Crippen molar-refractivity contribution in [2.75, 3.05) is 25.4 Å². The first kappa shape index (κ1) is 60.2. The molecule has 15 N–H and O–H groups in total. The smallest absolute Gasteiger partial charge is 0.243 e. The number of para-hydroxylation sites is 1. The van der Waals surface area contributed by atoms with Gasteiger partial charge in [0, 0.05) is 74.0 Å². The molecule has 1 saturated carbocycles. The predicted octanol–water partition coefficient (Wildman–Crippen LogP) is 1.04. The molecule has 432 valence electrons.